The van der Waals surface area contributed by atoms with Gasteiger partial charge in [-0.05, 0) is 12.0 Å². The van der Waals surface area contributed by atoms with Crippen LogP contribution in [0, 0.1) is 7.05 Å². The molecule has 1 amide bonds. The Hall–Kier alpha value is -2.67. The largest absolute Gasteiger partial charge is 0.445 e. The van der Waals surface area contributed by atoms with Crippen LogP contribution in [0.25, 0.3) is 0 Å². The smallest absolute Gasteiger partial charge is 0.410 e. The number of hydrogen-bond donors (Lipinski definition) is 0. The van der Waals surface area contributed by atoms with E-state index in [9.17, 15) is 4.79 Å². The fourth-order valence-corrected chi connectivity index (χ4v) is 3.58. The molecule has 2 aliphatic rings. The highest BCUT2D eigenvalue weighted by Gasteiger charge is 2.27. The van der Waals surface area contributed by atoms with Crippen LogP contribution >= 0.6 is 0 Å². The molecule has 0 unspecified atom stereocenters. The van der Waals surface area contributed by atoms with E-state index >= 15 is 0 Å². The third kappa shape index (κ3) is 4.03. The number of carbonyl (C=O) groups excluding carboxylic acids is 1. The Bertz CT molecular complexity index is 790. The second kappa shape index (κ2) is 7.92. The van der Waals surface area contributed by atoms with Crippen molar-refractivity contribution >= 4 is 11.9 Å². The first kappa shape index (κ1) is 17.7. The summed E-state index contributed by atoms with van der Waals surface area (Å²) in [5.74, 6) is 1.01. The van der Waals surface area contributed by atoms with Gasteiger partial charge in [0.15, 0.2) is 0 Å². The molecule has 0 aliphatic carbocycles. The van der Waals surface area contributed by atoms with Crippen molar-refractivity contribution < 1.29 is 9.53 Å². The lowest BCUT2D eigenvalue weighted by Gasteiger charge is -2.36. The molecule has 2 aliphatic heterocycles. The van der Waals surface area contributed by atoms with Crippen LogP contribution in [0.4, 0.5) is 10.6 Å². The number of ether oxygens (including phenoxy) is 1. The van der Waals surface area contributed by atoms with Gasteiger partial charge in [0, 0.05) is 51.9 Å². The highest BCUT2D eigenvalue weighted by atomic mass is 16.6. The van der Waals surface area contributed by atoms with E-state index in [0.29, 0.717) is 19.7 Å². The fraction of sp³-hybridized carbons (Fsp3) is 0.400. The van der Waals surface area contributed by atoms with Crippen LogP contribution in [0.2, 0.25) is 0 Å². The fourth-order valence-electron chi connectivity index (χ4n) is 3.58. The summed E-state index contributed by atoms with van der Waals surface area (Å²) in [6.45, 7) is 4.74. The first-order valence-electron chi connectivity index (χ1n) is 9.29. The van der Waals surface area contributed by atoms with E-state index in [4.69, 9.17) is 4.74 Å². The number of anilines is 1. The zero-order valence-electron chi connectivity index (χ0n) is 15.4. The summed E-state index contributed by atoms with van der Waals surface area (Å²) in [5.41, 5.74) is 3.28. The molecule has 0 N–H and O–H groups in total. The molecule has 2 aromatic rings. The average Bonchev–Trinajstić information content (AvgIpc) is 2.72. The molecule has 7 nitrogen and oxygen atoms in total. The zero-order valence-corrected chi connectivity index (χ0v) is 15.4. The Labute approximate surface area is 159 Å². The van der Waals surface area contributed by atoms with E-state index in [1.54, 1.807) is 11.2 Å². The molecule has 0 spiro atoms. The maximum absolute atomic E-state index is 12.3. The summed E-state index contributed by atoms with van der Waals surface area (Å²) in [7, 11) is 4.01. The summed E-state index contributed by atoms with van der Waals surface area (Å²) in [6.07, 6.45) is 2.29. The summed E-state index contributed by atoms with van der Waals surface area (Å²) < 4.78 is 5.44. The molecule has 3 heterocycles. The van der Waals surface area contributed by atoms with Gasteiger partial charge in [-0.3, -0.25) is 4.90 Å². The molecule has 0 bridgehead atoms. The molecule has 1 fully saturated rings. The van der Waals surface area contributed by atoms with Gasteiger partial charge < -0.3 is 14.5 Å². The summed E-state index contributed by atoms with van der Waals surface area (Å²) in [5, 5.41) is 0. The molecule has 1 radical (unpaired) electrons. The van der Waals surface area contributed by atoms with Crippen molar-refractivity contribution in [2.24, 2.45) is 0 Å². The maximum Gasteiger partial charge on any atom is 0.410 e. The Balaban J connectivity index is 1.34. The second-order valence-electron chi connectivity index (χ2n) is 6.94. The third-order valence-electron chi connectivity index (χ3n) is 5.11. The summed E-state index contributed by atoms with van der Waals surface area (Å²) >= 11 is 0. The van der Waals surface area contributed by atoms with Crippen molar-refractivity contribution in [1.29, 1.82) is 0 Å². The van der Waals surface area contributed by atoms with Crippen LogP contribution < -0.4 is 4.90 Å². The van der Waals surface area contributed by atoms with Crippen LogP contribution in [0.3, 0.4) is 0 Å². The molecular weight excluding hydrogens is 342 g/mol. The Morgan fingerprint density at radius 1 is 1.07 bits per heavy atom. The van der Waals surface area contributed by atoms with Gasteiger partial charge in [0.25, 0.3) is 0 Å². The van der Waals surface area contributed by atoms with E-state index in [0.717, 1.165) is 49.7 Å². The van der Waals surface area contributed by atoms with Gasteiger partial charge in [-0.25, -0.2) is 14.8 Å². The number of aromatic nitrogens is 2. The van der Waals surface area contributed by atoms with Crippen LogP contribution in [-0.2, 0) is 24.3 Å². The van der Waals surface area contributed by atoms with Gasteiger partial charge in [-0.15, -0.1) is 0 Å². The molecule has 0 atom stereocenters. The monoisotopic (exact) mass is 366 g/mol. The van der Waals surface area contributed by atoms with Gasteiger partial charge >= 0.3 is 6.09 Å². The topological polar surface area (TPSA) is 61.8 Å². The normalized spacial score (nSPS) is 17.5. The van der Waals surface area contributed by atoms with E-state index in [1.807, 2.05) is 35.2 Å². The summed E-state index contributed by atoms with van der Waals surface area (Å²) in [6, 6.07) is 9.74. The lowest BCUT2D eigenvalue weighted by atomic mass is 10.1. The zero-order chi connectivity index (χ0) is 18.6. The predicted molar refractivity (Wildman–Crippen MR) is 102 cm³/mol. The number of hydrogen-bond acceptors (Lipinski definition) is 6. The van der Waals surface area contributed by atoms with Crippen molar-refractivity contribution in [2.45, 2.75) is 19.6 Å². The van der Waals surface area contributed by atoms with Crippen molar-refractivity contribution in [2.75, 3.05) is 37.6 Å². The highest BCUT2D eigenvalue weighted by Crippen LogP contribution is 2.26. The van der Waals surface area contributed by atoms with Gasteiger partial charge in [0.05, 0.1) is 5.69 Å². The number of benzene rings is 1. The SMILES string of the molecule is [CH2]N1CCc2c(ncnc2N2CCN(C(=O)OCc3ccccc3)CC2)C1. The minimum absolute atomic E-state index is 0.254. The summed E-state index contributed by atoms with van der Waals surface area (Å²) in [4.78, 5) is 27.3. The van der Waals surface area contributed by atoms with Gasteiger partial charge in [-0.2, -0.15) is 0 Å². The number of carbonyl (C=O) groups is 1. The van der Waals surface area contributed by atoms with Crippen LogP contribution in [0.1, 0.15) is 16.8 Å². The molecule has 7 heteroatoms. The van der Waals surface area contributed by atoms with Crippen LogP contribution in [-0.4, -0.2) is 58.6 Å². The van der Waals surface area contributed by atoms with E-state index in [1.165, 1.54) is 5.56 Å². The van der Waals surface area contributed by atoms with Crippen molar-refractivity contribution in [3.05, 3.63) is 60.5 Å². The van der Waals surface area contributed by atoms with Crippen LogP contribution in [0.15, 0.2) is 36.7 Å². The Morgan fingerprint density at radius 3 is 2.63 bits per heavy atom. The number of piperazine rings is 1. The molecule has 27 heavy (non-hydrogen) atoms. The highest BCUT2D eigenvalue weighted by molar-refractivity contribution is 5.68. The molecular formula is C20H24N5O2. The first-order valence-corrected chi connectivity index (χ1v) is 9.29. The van der Waals surface area contributed by atoms with E-state index < -0.39 is 0 Å². The lowest BCUT2D eigenvalue weighted by Crippen LogP contribution is -2.49. The predicted octanol–water partition coefficient (Wildman–Crippen LogP) is 2.09. The maximum atomic E-state index is 12.3. The number of amides is 1. The first-order chi connectivity index (χ1) is 13.2. The third-order valence-corrected chi connectivity index (χ3v) is 5.11. The number of rotatable bonds is 3. The quantitative estimate of drug-likeness (QED) is 0.829. The van der Waals surface area contributed by atoms with Crippen molar-refractivity contribution in [3.63, 3.8) is 0 Å². The molecule has 141 valence electrons. The number of nitrogens with zero attached hydrogens (tertiary/aromatic N) is 5. The number of fused-ring (bicyclic) bond motifs is 1. The average molecular weight is 366 g/mol. The Kier molecular flexibility index (Phi) is 5.20. The molecule has 0 saturated carbocycles. The second-order valence-corrected chi connectivity index (χ2v) is 6.94. The van der Waals surface area contributed by atoms with Gasteiger partial charge in [-0.1, -0.05) is 30.3 Å². The van der Waals surface area contributed by atoms with Crippen molar-refractivity contribution in [3.8, 4) is 0 Å². The van der Waals surface area contributed by atoms with Crippen LogP contribution in [0.5, 0.6) is 0 Å². The van der Waals surface area contributed by atoms with Crippen molar-refractivity contribution in [1.82, 2.24) is 19.8 Å². The van der Waals surface area contributed by atoms with E-state index in [-0.39, 0.29) is 6.09 Å². The van der Waals surface area contributed by atoms with Gasteiger partial charge in [0.1, 0.15) is 18.8 Å². The van der Waals surface area contributed by atoms with Gasteiger partial charge in [0.2, 0.25) is 0 Å². The molecule has 1 aromatic heterocycles. The Morgan fingerprint density at radius 2 is 1.85 bits per heavy atom. The van der Waals surface area contributed by atoms with E-state index in [2.05, 4.69) is 21.9 Å². The molecule has 1 saturated heterocycles. The lowest BCUT2D eigenvalue weighted by molar-refractivity contribution is 0.0941. The molecule has 1 aromatic carbocycles. The molecule has 4 rings (SSSR count). The standard InChI is InChI=1S/C20H24N5O2/c1-23-8-7-17-18(13-23)21-15-22-19(17)24-9-11-25(12-10-24)20(26)27-14-16-5-3-2-4-6-16/h2-6,15H,1,7-14H2. The minimum atomic E-state index is -0.254. The minimum Gasteiger partial charge on any atom is -0.445 e.